The lowest BCUT2D eigenvalue weighted by Crippen LogP contribution is -2.15. The maximum absolute atomic E-state index is 13.4. The molecule has 3 nitrogen and oxygen atoms in total. The SMILES string of the molecule is COc1cc(F)c(CNCCC#N)cc1F. The van der Waals surface area contributed by atoms with Gasteiger partial charge < -0.3 is 10.1 Å². The fourth-order valence-electron chi connectivity index (χ4n) is 1.23. The van der Waals surface area contributed by atoms with E-state index in [9.17, 15) is 8.78 Å². The van der Waals surface area contributed by atoms with Crippen molar-refractivity contribution in [3.63, 3.8) is 0 Å². The van der Waals surface area contributed by atoms with E-state index in [-0.39, 0.29) is 17.9 Å². The number of nitrogens with one attached hydrogen (secondary N) is 1. The maximum atomic E-state index is 13.4. The molecule has 1 N–H and O–H groups in total. The van der Waals surface area contributed by atoms with Crippen LogP contribution >= 0.6 is 0 Å². The number of ether oxygens (including phenoxy) is 1. The van der Waals surface area contributed by atoms with E-state index in [4.69, 9.17) is 5.26 Å². The summed E-state index contributed by atoms with van der Waals surface area (Å²) in [4.78, 5) is 0. The van der Waals surface area contributed by atoms with Gasteiger partial charge in [0.1, 0.15) is 5.82 Å². The summed E-state index contributed by atoms with van der Waals surface area (Å²) < 4.78 is 31.3. The molecule has 0 saturated carbocycles. The lowest BCUT2D eigenvalue weighted by Gasteiger charge is -2.07. The molecule has 5 heteroatoms. The van der Waals surface area contributed by atoms with Crippen molar-refractivity contribution in [1.29, 1.82) is 5.26 Å². The van der Waals surface area contributed by atoms with E-state index >= 15 is 0 Å². The highest BCUT2D eigenvalue weighted by Crippen LogP contribution is 2.20. The summed E-state index contributed by atoms with van der Waals surface area (Å²) in [5.74, 6) is -1.23. The molecule has 0 amide bonds. The first kappa shape index (κ1) is 12.4. The Hall–Kier alpha value is -1.67. The zero-order valence-electron chi connectivity index (χ0n) is 8.89. The molecule has 0 aromatic heterocycles. The first-order chi connectivity index (χ1) is 7.69. The van der Waals surface area contributed by atoms with E-state index in [2.05, 4.69) is 10.1 Å². The predicted molar refractivity (Wildman–Crippen MR) is 54.8 cm³/mol. The molecule has 0 aliphatic rings. The summed E-state index contributed by atoms with van der Waals surface area (Å²) in [6.45, 7) is 0.637. The van der Waals surface area contributed by atoms with Crippen LogP contribution in [-0.4, -0.2) is 13.7 Å². The van der Waals surface area contributed by atoms with Crippen molar-refractivity contribution in [2.24, 2.45) is 0 Å². The van der Waals surface area contributed by atoms with Crippen LogP contribution in [0.4, 0.5) is 8.78 Å². The van der Waals surface area contributed by atoms with E-state index < -0.39 is 11.6 Å². The molecule has 1 aromatic rings. The quantitative estimate of drug-likeness (QED) is 0.781. The summed E-state index contributed by atoms with van der Waals surface area (Å²) in [5.41, 5.74) is 0.219. The van der Waals surface area contributed by atoms with Crippen molar-refractivity contribution in [1.82, 2.24) is 5.32 Å². The van der Waals surface area contributed by atoms with Crippen molar-refractivity contribution < 1.29 is 13.5 Å². The van der Waals surface area contributed by atoms with E-state index in [0.29, 0.717) is 13.0 Å². The zero-order valence-corrected chi connectivity index (χ0v) is 8.89. The van der Waals surface area contributed by atoms with Gasteiger partial charge in [0.25, 0.3) is 0 Å². The van der Waals surface area contributed by atoms with Gasteiger partial charge in [-0.2, -0.15) is 5.26 Å². The van der Waals surface area contributed by atoms with E-state index in [1.165, 1.54) is 7.11 Å². The second kappa shape index (κ2) is 6.03. The molecule has 0 fully saturated rings. The van der Waals surface area contributed by atoms with E-state index in [1.54, 1.807) is 0 Å². The van der Waals surface area contributed by atoms with Gasteiger partial charge in [-0.05, 0) is 6.07 Å². The number of hydrogen-bond acceptors (Lipinski definition) is 3. The number of nitriles is 1. The molecule has 86 valence electrons. The Morgan fingerprint density at radius 2 is 2.12 bits per heavy atom. The first-order valence-electron chi connectivity index (χ1n) is 4.78. The minimum Gasteiger partial charge on any atom is -0.494 e. The molecule has 0 aliphatic heterocycles. The lowest BCUT2D eigenvalue weighted by atomic mass is 10.2. The van der Waals surface area contributed by atoms with Crippen LogP contribution in [0.25, 0.3) is 0 Å². The second-order valence-corrected chi connectivity index (χ2v) is 3.16. The molecule has 0 saturated heterocycles. The Morgan fingerprint density at radius 1 is 1.38 bits per heavy atom. The van der Waals surface area contributed by atoms with Gasteiger partial charge in [0.05, 0.1) is 13.2 Å². The highest BCUT2D eigenvalue weighted by molar-refractivity contribution is 5.30. The molecule has 0 radical (unpaired) electrons. The van der Waals surface area contributed by atoms with E-state index in [1.807, 2.05) is 6.07 Å². The van der Waals surface area contributed by atoms with Gasteiger partial charge in [0.15, 0.2) is 11.6 Å². The monoisotopic (exact) mass is 226 g/mol. The highest BCUT2D eigenvalue weighted by atomic mass is 19.1. The van der Waals surface area contributed by atoms with E-state index in [0.717, 1.165) is 12.1 Å². The number of benzene rings is 1. The van der Waals surface area contributed by atoms with Crippen LogP contribution in [-0.2, 0) is 6.54 Å². The van der Waals surface area contributed by atoms with Crippen LogP contribution in [0.5, 0.6) is 5.75 Å². The van der Waals surface area contributed by atoms with Gasteiger partial charge in [-0.1, -0.05) is 0 Å². The Morgan fingerprint density at radius 3 is 2.75 bits per heavy atom. The van der Waals surface area contributed by atoms with Gasteiger partial charge in [-0.15, -0.1) is 0 Å². The molecule has 0 spiro atoms. The predicted octanol–water partition coefficient (Wildman–Crippen LogP) is 1.98. The molecule has 1 rings (SSSR count). The first-order valence-corrected chi connectivity index (χ1v) is 4.78. The average Bonchev–Trinajstić information content (AvgIpc) is 2.28. The van der Waals surface area contributed by atoms with Gasteiger partial charge in [0.2, 0.25) is 0 Å². The molecule has 16 heavy (non-hydrogen) atoms. The third-order valence-corrected chi connectivity index (χ3v) is 2.05. The smallest absolute Gasteiger partial charge is 0.165 e. The summed E-state index contributed by atoms with van der Waals surface area (Å²) >= 11 is 0. The number of rotatable bonds is 5. The van der Waals surface area contributed by atoms with Crippen LogP contribution in [0.3, 0.4) is 0 Å². The van der Waals surface area contributed by atoms with Crippen LogP contribution < -0.4 is 10.1 Å². The maximum Gasteiger partial charge on any atom is 0.165 e. The normalized spacial score (nSPS) is 9.88. The second-order valence-electron chi connectivity index (χ2n) is 3.16. The molecular formula is C11H12F2N2O. The average molecular weight is 226 g/mol. The molecular weight excluding hydrogens is 214 g/mol. The van der Waals surface area contributed by atoms with Crippen molar-refractivity contribution in [3.8, 4) is 11.8 Å². The van der Waals surface area contributed by atoms with Crippen LogP contribution in [0, 0.1) is 23.0 Å². The Balaban J connectivity index is 2.67. The number of methoxy groups -OCH3 is 1. The number of nitrogens with zero attached hydrogens (tertiary/aromatic N) is 1. The highest BCUT2D eigenvalue weighted by Gasteiger charge is 2.09. The van der Waals surface area contributed by atoms with Gasteiger partial charge >= 0.3 is 0 Å². The summed E-state index contributed by atoms with van der Waals surface area (Å²) in [6, 6.07) is 4.05. The van der Waals surface area contributed by atoms with Crippen molar-refractivity contribution in [2.45, 2.75) is 13.0 Å². The Bertz CT molecular complexity index is 402. The number of hydrogen-bond donors (Lipinski definition) is 1. The molecule has 1 aromatic carbocycles. The summed E-state index contributed by atoms with van der Waals surface area (Å²) in [5, 5.41) is 11.1. The van der Waals surface area contributed by atoms with Gasteiger partial charge in [-0.3, -0.25) is 0 Å². The Labute approximate surface area is 92.6 Å². The summed E-state index contributed by atoms with van der Waals surface area (Å²) in [7, 11) is 1.28. The fraction of sp³-hybridized carbons (Fsp3) is 0.364. The minimum absolute atomic E-state index is 0.113. The van der Waals surface area contributed by atoms with Crippen molar-refractivity contribution in [2.75, 3.05) is 13.7 Å². The standard InChI is InChI=1S/C11H12F2N2O/c1-16-11-6-9(12)8(5-10(11)13)7-15-4-2-3-14/h5-6,15H,2,4,7H2,1H3. The molecule has 0 aliphatic carbocycles. The molecule has 0 heterocycles. The minimum atomic E-state index is -0.596. The van der Waals surface area contributed by atoms with Gasteiger partial charge in [-0.25, -0.2) is 8.78 Å². The zero-order chi connectivity index (χ0) is 12.0. The third-order valence-electron chi connectivity index (χ3n) is 2.05. The topological polar surface area (TPSA) is 45.0 Å². The largest absolute Gasteiger partial charge is 0.494 e. The van der Waals surface area contributed by atoms with Gasteiger partial charge in [0, 0.05) is 31.1 Å². The van der Waals surface area contributed by atoms with Crippen LogP contribution in [0.15, 0.2) is 12.1 Å². The lowest BCUT2D eigenvalue weighted by molar-refractivity contribution is 0.381. The Kier molecular flexibility index (Phi) is 4.67. The van der Waals surface area contributed by atoms with Crippen molar-refractivity contribution in [3.05, 3.63) is 29.3 Å². The molecule has 0 atom stereocenters. The van der Waals surface area contributed by atoms with Crippen molar-refractivity contribution >= 4 is 0 Å². The third kappa shape index (κ3) is 3.17. The summed E-state index contributed by atoms with van der Waals surface area (Å²) in [6.07, 6.45) is 0.334. The molecule has 0 bridgehead atoms. The van der Waals surface area contributed by atoms with Crippen LogP contribution in [0.2, 0.25) is 0 Å². The fourth-order valence-corrected chi connectivity index (χ4v) is 1.23. The number of halogens is 2. The van der Waals surface area contributed by atoms with Crippen LogP contribution in [0.1, 0.15) is 12.0 Å². The molecule has 0 unspecified atom stereocenters.